The van der Waals surface area contributed by atoms with E-state index in [-0.39, 0.29) is 11.7 Å². The molecule has 7 heteroatoms. The number of anilines is 1. The Bertz CT molecular complexity index is 720. The zero-order valence-corrected chi connectivity index (χ0v) is 13.8. The van der Waals surface area contributed by atoms with Gasteiger partial charge in [0.2, 0.25) is 0 Å². The highest BCUT2D eigenvalue weighted by molar-refractivity contribution is 7.98. The van der Waals surface area contributed by atoms with Crippen molar-refractivity contribution in [2.24, 2.45) is 0 Å². The molecule has 0 aliphatic heterocycles. The van der Waals surface area contributed by atoms with Crippen LogP contribution in [0, 0.1) is 10.1 Å². The molecule has 0 amide bonds. The predicted octanol–water partition coefficient (Wildman–Crippen LogP) is 3.45. The Balaban J connectivity index is 2.40. The average molecular weight is 334 g/mol. The Hall–Kier alpha value is -2.28. The van der Waals surface area contributed by atoms with Crippen LogP contribution in [0.2, 0.25) is 0 Å². The van der Waals surface area contributed by atoms with Crippen LogP contribution in [0.4, 0.5) is 11.4 Å². The molecule has 6 nitrogen and oxygen atoms in total. The minimum atomic E-state index is -0.489. The number of hydrogen-bond donors (Lipinski definition) is 1. The van der Waals surface area contributed by atoms with Gasteiger partial charge < -0.3 is 10.1 Å². The van der Waals surface area contributed by atoms with E-state index in [0.29, 0.717) is 22.9 Å². The summed E-state index contributed by atoms with van der Waals surface area (Å²) in [6.07, 6.45) is 2.58. The van der Waals surface area contributed by atoms with E-state index in [1.807, 2.05) is 12.3 Å². The van der Waals surface area contributed by atoms with Crippen LogP contribution in [0.5, 0.6) is 0 Å². The molecule has 2 rings (SSSR count). The first-order chi connectivity index (χ1) is 11.1. The summed E-state index contributed by atoms with van der Waals surface area (Å²) >= 11 is 1.64. The molecule has 0 radical (unpaired) electrons. The van der Waals surface area contributed by atoms with E-state index in [1.165, 1.54) is 13.2 Å². The monoisotopic (exact) mass is 334 g/mol. The summed E-state index contributed by atoms with van der Waals surface area (Å²) in [5.74, 6) is 0.457. The van der Waals surface area contributed by atoms with Crippen molar-refractivity contribution in [2.75, 3.05) is 24.4 Å². The van der Waals surface area contributed by atoms with E-state index in [1.54, 1.807) is 36.0 Å². The fraction of sp³-hybridized carbons (Fsp3) is 0.312. The topological polar surface area (TPSA) is 81.5 Å². The number of non-ortho nitro benzene ring substituents is 1. The van der Waals surface area contributed by atoms with Gasteiger partial charge in [0.25, 0.3) is 5.69 Å². The van der Waals surface area contributed by atoms with Gasteiger partial charge in [0.1, 0.15) is 6.04 Å². The van der Waals surface area contributed by atoms with E-state index in [9.17, 15) is 14.9 Å². The zero-order valence-electron chi connectivity index (χ0n) is 12.9. The SMILES string of the molecule is COC(=O)[C@H](CCSC)Nc1ccc([N+](=O)[O-])c2ccccc12. The van der Waals surface area contributed by atoms with Crippen molar-refractivity contribution in [3.05, 3.63) is 46.5 Å². The third-order valence-corrected chi connectivity index (χ3v) is 4.17. The lowest BCUT2D eigenvalue weighted by molar-refractivity contribution is -0.383. The number of nitrogens with one attached hydrogen (secondary N) is 1. The highest BCUT2D eigenvalue weighted by atomic mass is 32.2. The summed E-state index contributed by atoms with van der Waals surface area (Å²) in [6.45, 7) is 0. The second kappa shape index (κ2) is 7.82. The van der Waals surface area contributed by atoms with Gasteiger partial charge in [-0.2, -0.15) is 11.8 Å². The molecule has 0 saturated heterocycles. The number of methoxy groups -OCH3 is 1. The highest BCUT2D eigenvalue weighted by Gasteiger charge is 2.21. The number of rotatable bonds is 7. The third-order valence-electron chi connectivity index (χ3n) is 3.52. The summed E-state index contributed by atoms with van der Waals surface area (Å²) in [6, 6.07) is 9.67. The Morgan fingerprint density at radius 2 is 2.00 bits per heavy atom. The minimum absolute atomic E-state index is 0.0462. The maximum atomic E-state index is 11.9. The number of nitrogens with zero attached hydrogens (tertiary/aromatic N) is 1. The van der Waals surface area contributed by atoms with Crippen molar-refractivity contribution in [3.63, 3.8) is 0 Å². The smallest absolute Gasteiger partial charge is 0.328 e. The Morgan fingerprint density at radius 1 is 1.30 bits per heavy atom. The molecular formula is C16H18N2O4S. The Labute approximate surface area is 138 Å². The standard InChI is InChI=1S/C16H18N2O4S/c1-22-16(19)14(9-10-23-2)17-13-7-8-15(18(20)21)12-6-4-3-5-11(12)13/h3-8,14,17H,9-10H2,1-2H3/t14-/m0/s1. The van der Waals surface area contributed by atoms with Crippen molar-refractivity contribution >= 4 is 39.9 Å². The molecular weight excluding hydrogens is 316 g/mol. The number of carbonyl (C=O) groups is 1. The van der Waals surface area contributed by atoms with Crippen LogP contribution in [-0.4, -0.2) is 36.1 Å². The first kappa shape index (κ1) is 17.1. The molecule has 0 unspecified atom stereocenters. The van der Waals surface area contributed by atoms with Gasteiger partial charge >= 0.3 is 5.97 Å². The van der Waals surface area contributed by atoms with Gasteiger partial charge in [-0.25, -0.2) is 4.79 Å². The fourth-order valence-corrected chi connectivity index (χ4v) is 2.85. The van der Waals surface area contributed by atoms with Gasteiger partial charge in [-0.1, -0.05) is 18.2 Å². The number of fused-ring (bicyclic) bond motifs is 1. The third kappa shape index (κ3) is 3.92. The number of nitro benzene ring substituents is 1. The summed E-state index contributed by atoms with van der Waals surface area (Å²) in [5, 5.41) is 15.6. The number of thioether (sulfide) groups is 1. The van der Waals surface area contributed by atoms with Crippen molar-refractivity contribution in [3.8, 4) is 0 Å². The number of carbonyl (C=O) groups excluding carboxylic acids is 1. The van der Waals surface area contributed by atoms with Crippen LogP contribution < -0.4 is 5.32 Å². The second-order valence-electron chi connectivity index (χ2n) is 4.94. The molecule has 1 N–H and O–H groups in total. The van der Waals surface area contributed by atoms with E-state index in [2.05, 4.69) is 5.32 Å². The lowest BCUT2D eigenvalue weighted by atomic mass is 10.1. The normalized spacial score (nSPS) is 11.9. The van der Waals surface area contributed by atoms with E-state index < -0.39 is 11.0 Å². The Kier molecular flexibility index (Phi) is 5.81. The van der Waals surface area contributed by atoms with Gasteiger partial charge in [0, 0.05) is 17.1 Å². The lowest BCUT2D eigenvalue weighted by Gasteiger charge is -2.18. The summed E-state index contributed by atoms with van der Waals surface area (Å²) < 4.78 is 4.84. The van der Waals surface area contributed by atoms with E-state index in [4.69, 9.17) is 4.74 Å². The van der Waals surface area contributed by atoms with E-state index >= 15 is 0 Å². The minimum Gasteiger partial charge on any atom is -0.467 e. The molecule has 0 aliphatic rings. The molecule has 122 valence electrons. The first-order valence-corrected chi connectivity index (χ1v) is 8.47. The van der Waals surface area contributed by atoms with Gasteiger partial charge in [0.15, 0.2) is 0 Å². The lowest BCUT2D eigenvalue weighted by Crippen LogP contribution is -2.31. The summed E-state index contributed by atoms with van der Waals surface area (Å²) in [7, 11) is 1.35. The fourth-order valence-electron chi connectivity index (χ4n) is 2.38. The van der Waals surface area contributed by atoms with Crippen molar-refractivity contribution in [1.82, 2.24) is 0 Å². The summed E-state index contributed by atoms with van der Waals surface area (Å²) in [4.78, 5) is 22.7. The molecule has 2 aromatic carbocycles. The zero-order chi connectivity index (χ0) is 16.8. The van der Waals surface area contributed by atoms with Gasteiger partial charge in [-0.05, 0) is 30.6 Å². The van der Waals surface area contributed by atoms with Gasteiger partial charge in [-0.3, -0.25) is 10.1 Å². The van der Waals surface area contributed by atoms with Crippen molar-refractivity contribution in [1.29, 1.82) is 0 Å². The number of esters is 1. The molecule has 0 saturated carbocycles. The molecule has 1 atom stereocenters. The number of ether oxygens (including phenoxy) is 1. The van der Waals surface area contributed by atoms with Crippen LogP contribution in [0.3, 0.4) is 0 Å². The number of benzene rings is 2. The maximum absolute atomic E-state index is 11.9. The molecule has 2 aromatic rings. The first-order valence-electron chi connectivity index (χ1n) is 7.08. The van der Waals surface area contributed by atoms with Gasteiger partial charge in [-0.15, -0.1) is 0 Å². The molecule has 0 spiro atoms. The van der Waals surface area contributed by atoms with Crippen LogP contribution in [0.25, 0.3) is 10.8 Å². The molecule has 0 aromatic heterocycles. The number of nitro groups is 1. The predicted molar refractivity (Wildman–Crippen MR) is 93.0 cm³/mol. The molecule has 0 bridgehead atoms. The number of hydrogen-bond acceptors (Lipinski definition) is 6. The van der Waals surface area contributed by atoms with Crippen LogP contribution in [-0.2, 0) is 9.53 Å². The van der Waals surface area contributed by atoms with Crippen molar-refractivity contribution < 1.29 is 14.5 Å². The molecule has 0 heterocycles. The quantitative estimate of drug-likeness (QED) is 0.474. The molecule has 0 fully saturated rings. The molecule has 0 aliphatic carbocycles. The van der Waals surface area contributed by atoms with Crippen LogP contribution in [0.15, 0.2) is 36.4 Å². The van der Waals surface area contributed by atoms with Crippen molar-refractivity contribution in [2.45, 2.75) is 12.5 Å². The average Bonchev–Trinajstić information content (AvgIpc) is 2.57. The van der Waals surface area contributed by atoms with Gasteiger partial charge in [0.05, 0.1) is 17.4 Å². The van der Waals surface area contributed by atoms with Crippen LogP contribution >= 0.6 is 11.8 Å². The maximum Gasteiger partial charge on any atom is 0.328 e. The largest absolute Gasteiger partial charge is 0.467 e. The molecule has 23 heavy (non-hydrogen) atoms. The Morgan fingerprint density at radius 3 is 2.61 bits per heavy atom. The highest BCUT2D eigenvalue weighted by Crippen LogP contribution is 2.31. The second-order valence-corrected chi connectivity index (χ2v) is 5.92. The summed E-state index contributed by atoms with van der Waals surface area (Å²) in [5.41, 5.74) is 0.729. The van der Waals surface area contributed by atoms with Crippen LogP contribution in [0.1, 0.15) is 6.42 Å². The van der Waals surface area contributed by atoms with E-state index in [0.717, 1.165) is 5.75 Å².